The molecule has 7 heteroatoms. The smallest absolute Gasteiger partial charge is 0.248 e. The third-order valence-electron chi connectivity index (χ3n) is 3.73. The maximum absolute atomic E-state index is 11.1. The van der Waals surface area contributed by atoms with Gasteiger partial charge in [-0.15, -0.1) is 5.10 Å². The Morgan fingerprint density at radius 1 is 1.04 bits per heavy atom. The van der Waals surface area contributed by atoms with Crippen molar-refractivity contribution < 1.29 is 4.79 Å². The molecule has 0 spiro atoms. The minimum Gasteiger partial charge on any atom is -0.366 e. The number of primary amides is 1. The molecule has 0 bridgehead atoms. The second-order valence-corrected chi connectivity index (χ2v) is 5.41. The molecule has 0 atom stereocenters. The molecule has 2 aromatic heterocycles. The molecule has 1 amide bonds. The SMILES string of the molecule is NC(=O)c1ccc(Nc2nc3c(-c4ccccc4)nccn3n2)cc1. The lowest BCUT2D eigenvalue weighted by Crippen LogP contribution is -2.10. The van der Waals surface area contributed by atoms with Crippen molar-refractivity contribution in [3.63, 3.8) is 0 Å². The predicted molar refractivity (Wildman–Crippen MR) is 94.5 cm³/mol. The van der Waals surface area contributed by atoms with Crippen molar-refractivity contribution in [2.75, 3.05) is 5.32 Å². The molecule has 4 rings (SSSR count). The number of nitrogens with two attached hydrogens (primary N) is 1. The summed E-state index contributed by atoms with van der Waals surface area (Å²) in [7, 11) is 0. The van der Waals surface area contributed by atoms with Gasteiger partial charge in [0, 0.05) is 29.2 Å². The van der Waals surface area contributed by atoms with E-state index in [0.717, 1.165) is 16.9 Å². The van der Waals surface area contributed by atoms with Crippen LogP contribution in [0, 0.1) is 0 Å². The molecule has 3 N–H and O–H groups in total. The molecule has 0 aliphatic heterocycles. The lowest BCUT2D eigenvalue weighted by molar-refractivity contribution is 0.100. The van der Waals surface area contributed by atoms with E-state index in [2.05, 4.69) is 20.4 Å². The Balaban J connectivity index is 1.69. The Morgan fingerprint density at radius 3 is 2.52 bits per heavy atom. The first-order valence-corrected chi connectivity index (χ1v) is 7.64. The van der Waals surface area contributed by atoms with Crippen molar-refractivity contribution in [3.05, 3.63) is 72.6 Å². The molecule has 0 saturated carbocycles. The molecule has 4 aromatic rings. The average molecular weight is 330 g/mol. The van der Waals surface area contributed by atoms with Gasteiger partial charge in [0.2, 0.25) is 11.9 Å². The molecule has 0 aliphatic rings. The summed E-state index contributed by atoms with van der Waals surface area (Å²) < 4.78 is 1.68. The fourth-order valence-corrected chi connectivity index (χ4v) is 2.52. The fraction of sp³-hybridized carbons (Fsp3) is 0. The third kappa shape index (κ3) is 2.90. The first-order valence-electron chi connectivity index (χ1n) is 7.64. The first kappa shape index (κ1) is 14.8. The summed E-state index contributed by atoms with van der Waals surface area (Å²) in [4.78, 5) is 20.1. The summed E-state index contributed by atoms with van der Waals surface area (Å²) in [6, 6.07) is 16.6. The van der Waals surface area contributed by atoms with E-state index in [1.165, 1.54) is 0 Å². The van der Waals surface area contributed by atoms with Crippen molar-refractivity contribution in [2.24, 2.45) is 5.73 Å². The number of benzene rings is 2. The Bertz CT molecular complexity index is 1040. The van der Waals surface area contributed by atoms with Crippen LogP contribution in [0.25, 0.3) is 16.9 Å². The summed E-state index contributed by atoms with van der Waals surface area (Å²) in [5.41, 5.74) is 8.84. The summed E-state index contributed by atoms with van der Waals surface area (Å²) in [5, 5.41) is 7.53. The van der Waals surface area contributed by atoms with E-state index in [9.17, 15) is 4.79 Å². The van der Waals surface area contributed by atoms with Crippen molar-refractivity contribution in [2.45, 2.75) is 0 Å². The lowest BCUT2D eigenvalue weighted by Gasteiger charge is -2.01. The van der Waals surface area contributed by atoms with E-state index < -0.39 is 5.91 Å². The number of carbonyl (C=O) groups excluding carboxylic acids is 1. The van der Waals surface area contributed by atoms with Crippen LogP contribution >= 0.6 is 0 Å². The van der Waals surface area contributed by atoms with Gasteiger partial charge in [0.15, 0.2) is 5.65 Å². The zero-order chi connectivity index (χ0) is 17.2. The van der Waals surface area contributed by atoms with Crippen LogP contribution in [0.2, 0.25) is 0 Å². The largest absolute Gasteiger partial charge is 0.366 e. The van der Waals surface area contributed by atoms with Crippen LogP contribution in [0.1, 0.15) is 10.4 Å². The second-order valence-electron chi connectivity index (χ2n) is 5.41. The molecule has 2 heterocycles. The molecule has 122 valence electrons. The topological polar surface area (TPSA) is 98.2 Å². The number of anilines is 2. The summed E-state index contributed by atoms with van der Waals surface area (Å²) in [6.45, 7) is 0. The minimum absolute atomic E-state index is 0.442. The average Bonchev–Trinajstić information content (AvgIpc) is 3.05. The van der Waals surface area contributed by atoms with Crippen LogP contribution in [-0.2, 0) is 0 Å². The van der Waals surface area contributed by atoms with E-state index >= 15 is 0 Å². The van der Waals surface area contributed by atoms with Crippen molar-refractivity contribution >= 4 is 23.2 Å². The number of carbonyl (C=O) groups is 1. The van der Waals surface area contributed by atoms with Gasteiger partial charge in [-0.25, -0.2) is 4.52 Å². The third-order valence-corrected chi connectivity index (χ3v) is 3.73. The van der Waals surface area contributed by atoms with E-state index in [1.54, 1.807) is 41.2 Å². The minimum atomic E-state index is -0.462. The molecular weight excluding hydrogens is 316 g/mol. The molecular formula is C18H14N6O. The van der Waals surface area contributed by atoms with Crippen LogP contribution < -0.4 is 11.1 Å². The van der Waals surface area contributed by atoms with E-state index in [-0.39, 0.29) is 0 Å². The second kappa shape index (κ2) is 6.04. The van der Waals surface area contributed by atoms with Gasteiger partial charge in [0.05, 0.1) is 0 Å². The number of nitrogens with one attached hydrogen (secondary N) is 1. The highest BCUT2D eigenvalue weighted by molar-refractivity contribution is 5.93. The van der Waals surface area contributed by atoms with E-state index in [4.69, 9.17) is 5.73 Å². The van der Waals surface area contributed by atoms with Crippen molar-refractivity contribution in [1.29, 1.82) is 0 Å². The van der Waals surface area contributed by atoms with Crippen molar-refractivity contribution in [3.8, 4) is 11.3 Å². The van der Waals surface area contributed by atoms with Crippen molar-refractivity contribution in [1.82, 2.24) is 19.6 Å². The van der Waals surface area contributed by atoms with Crippen LogP contribution in [-0.4, -0.2) is 25.5 Å². The zero-order valence-electron chi connectivity index (χ0n) is 13.1. The first-order chi connectivity index (χ1) is 12.2. The Labute approximate surface area is 143 Å². The Morgan fingerprint density at radius 2 is 1.80 bits per heavy atom. The number of hydrogen-bond acceptors (Lipinski definition) is 5. The molecule has 0 radical (unpaired) electrons. The number of nitrogens with zero attached hydrogens (tertiary/aromatic N) is 4. The predicted octanol–water partition coefficient (Wildman–Crippen LogP) is 2.63. The van der Waals surface area contributed by atoms with Gasteiger partial charge >= 0.3 is 0 Å². The van der Waals surface area contributed by atoms with Crippen LogP contribution in [0.15, 0.2) is 67.0 Å². The highest BCUT2D eigenvalue weighted by Gasteiger charge is 2.11. The van der Waals surface area contributed by atoms with Gasteiger partial charge < -0.3 is 11.1 Å². The molecule has 0 aliphatic carbocycles. The van der Waals surface area contributed by atoms with E-state index in [0.29, 0.717) is 17.2 Å². The molecule has 0 saturated heterocycles. The molecule has 2 aromatic carbocycles. The van der Waals surface area contributed by atoms with Gasteiger partial charge in [0.1, 0.15) is 5.69 Å². The zero-order valence-corrected chi connectivity index (χ0v) is 13.1. The van der Waals surface area contributed by atoms with Gasteiger partial charge in [-0.05, 0) is 24.3 Å². The Kier molecular flexibility index (Phi) is 3.59. The highest BCUT2D eigenvalue weighted by atomic mass is 16.1. The standard InChI is InChI=1S/C18H14N6O/c19-16(25)13-6-8-14(9-7-13)21-18-22-17-15(12-4-2-1-3-5-12)20-10-11-24(17)23-18/h1-11H,(H2,19,25)(H,21,23). The normalized spacial score (nSPS) is 10.7. The number of hydrogen-bond donors (Lipinski definition) is 2. The molecule has 0 unspecified atom stereocenters. The van der Waals surface area contributed by atoms with Gasteiger partial charge in [-0.2, -0.15) is 4.98 Å². The maximum atomic E-state index is 11.1. The highest BCUT2D eigenvalue weighted by Crippen LogP contribution is 2.22. The van der Waals surface area contributed by atoms with Gasteiger partial charge in [-0.1, -0.05) is 30.3 Å². The monoisotopic (exact) mass is 330 g/mol. The van der Waals surface area contributed by atoms with E-state index in [1.807, 2.05) is 30.3 Å². The van der Waals surface area contributed by atoms with Gasteiger partial charge in [-0.3, -0.25) is 9.78 Å². The summed E-state index contributed by atoms with van der Waals surface area (Å²) in [6.07, 6.45) is 3.44. The number of fused-ring (bicyclic) bond motifs is 1. The quantitative estimate of drug-likeness (QED) is 0.599. The summed E-state index contributed by atoms with van der Waals surface area (Å²) >= 11 is 0. The number of amides is 1. The van der Waals surface area contributed by atoms with Crippen LogP contribution in [0.5, 0.6) is 0 Å². The van der Waals surface area contributed by atoms with Crippen LogP contribution in [0.3, 0.4) is 0 Å². The molecule has 25 heavy (non-hydrogen) atoms. The number of rotatable bonds is 4. The Hall–Kier alpha value is -3.74. The van der Waals surface area contributed by atoms with Gasteiger partial charge in [0.25, 0.3) is 0 Å². The lowest BCUT2D eigenvalue weighted by atomic mass is 10.1. The number of aromatic nitrogens is 4. The molecule has 7 nitrogen and oxygen atoms in total. The van der Waals surface area contributed by atoms with Crippen LogP contribution in [0.4, 0.5) is 11.6 Å². The fourth-order valence-electron chi connectivity index (χ4n) is 2.52. The maximum Gasteiger partial charge on any atom is 0.248 e. The summed E-state index contributed by atoms with van der Waals surface area (Å²) in [5.74, 6) is -0.0204. The molecule has 0 fully saturated rings.